The molecule has 1 aromatic rings. The second-order valence-electron chi connectivity index (χ2n) is 2.45. The van der Waals surface area contributed by atoms with Crippen molar-refractivity contribution in [2.45, 2.75) is 6.42 Å². The zero-order valence-corrected chi connectivity index (χ0v) is 8.07. The van der Waals surface area contributed by atoms with Gasteiger partial charge in [-0.15, -0.1) is 0 Å². The Morgan fingerprint density at radius 1 is 1.50 bits per heavy atom. The standard InChI is InChI=1S/C8H10BrFN2/c9-7-5-6(3-4-12-11)1-2-8(7)10/h1-2,5,12H,3-4,11H2. The molecule has 3 N–H and O–H groups in total. The van der Waals surface area contributed by atoms with E-state index in [-0.39, 0.29) is 5.82 Å². The number of nitrogens with two attached hydrogens (primary N) is 1. The molecule has 0 spiro atoms. The van der Waals surface area contributed by atoms with Crippen LogP contribution in [-0.2, 0) is 6.42 Å². The lowest BCUT2D eigenvalue weighted by Gasteiger charge is -2.01. The lowest BCUT2D eigenvalue weighted by molar-refractivity contribution is 0.619. The quantitative estimate of drug-likeness (QED) is 0.614. The molecule has 1 rings (SSSR count). The first-order chi connectivity index (χ1) is 5.74. The monoisotopic (exact) mass is 232 g/mol. The maximum Gasteiger partial charge on any atom is 0.137 e. The highest BCUT2D eigenvalue weighted by atomic mass is 79.9. The van der Waals surface area contributed by atoms with Gasteiger partial charge in [-0.3, -0.25) is 11.3 Å². The Morgan fingerprint density at radius 3 is 2.83 bits per heavy atom. The van der Waals surface area contributed by atoms with Gasteiger partial charge in [0.1, 0.15) is 5.82 Å². The first kappa shape index (κ1) is 9.64. The van der Waals surface area contributed by atoms with Crippen molar-refractivity contribution in [3.05, 3.63) is 34.1 Å². The number of benzene rings is 1. The minimum Gasteiger partial charge on any atom is -0.271 e. The molecule has 2 nitrogen and oxygen atoms in total. The first-order valence-electron chi connectivity index (χ1n) is 3.61. The number of hydrogen-bond acceptors (Lipinski definition) is 2. The zero-order valence-electron chi connectivity index (χ0n) is 6.48. The van der Waals surface area contributed by atoms with Crippen LogP contribution in [0.4, 0.5) is 4.39 Å². The normalized spacial score (nSPS) is 10.2. The number of nitrogens with one attached hydrogen (secondary N) is 1. The van der Waals surface area contributed by atoms with E-state index in [4.69, 9.17) is 5.84 Å². The fourth-order valence-electron chi connectivity index (χ4n) is 0.912. The highest BCUT2D eigenvalue weighted by molar-refractivity contribution is 9.10. The predicted octanol–water partition coefficient (Wildman–Crippen LogP) is 1.59. The van der Waals surface area contributed by atoms with E-state index in [1.54, 1.807) is 12.1 Å². The number of rotatable bonds is 3. The number of hydrazine groups is 1. The SMILES string of the molecule is NNCCc1ccc(F)c(Br)c1. The van der Waals surface area contributed by atoms with Gasteiger partial charge in [-0.25, -0.2) is 4.39 Å². The smallest absolute Gasteiger partial charge is 0.137 e. The molecule has 0 aliphatic rings. The number of hydrogen-bond donors (Lipinski definition) is 2. The summed E-state index contributed by atoms with van der Waals surface area (Å²) >= 11 is 3.11. The van der Waals surface area contributed by atoms with Crippen molar-refractivity contribution in [3.63, 3.8) is 0 Å². The summed E-state index contributed by atoms with van der Waals surface area (Å²) in [6.07, 6.45) is 0.801. The summed E-state index contributed by atoms with van der Waals surface area (Å²) in [7, 11) is 0. The van der Waals surface area contributed by atoms with Crippen LogP contribution < -0.4 is 11.3 Å². The van der Waals surface area contributed by atoms with E-state index in [9.17, 15) is 4.39 Å². The molecule has 0 amide bonds. The van der Waals surface area contributed by atoms with E-state index in [1.165, 1.54) is 6.07 Å². The molecule has 0 heterocycles. The minimum absolute atomic E-state index is 0.237. The van der Waals surface area contributed by atoms with E-state index in [0.29, 0.717) is 11.0 Å². The van der Waals surface area contributed by atoms with Gasteiger partial charge < -0.3 is 0 Å². The van der Waals surface area contributed by atoms with Gasteiger partial charge in [-0.2, -0.15) is 0 Å². The van der Waals surface area contributed by atoms with Crippen LogP contribution in [0.3, 0.4) is 0 Å². The molecule has 4 heteroatoms. The Labute approximate surface area is 79.1 Å². The van der Waals surface area contributed by atoms with Crippen LogP contribution >= 0.6 is 15.9 Å². The first-order valence-corrected chi connectivity index (χ1v) is 4.40. The van der Waals surface area contributed by atoms with Gasteiger partial charge in [0.15, 0.2) is 0 Å². The Bertz CT molecular complexity index is 265. The summed E-state index contributed by atoms with van der Waals surface area (Å²) < 4.78 is 13.2. The van der Waals surface area contributed by atoms with Crippen molar-refractivity contribution in [1.82, 2.24) is 5.43 Å². The van der Waals surface area contributed by atoms with Gasteiger partial charge in [-0.1, -0.05) is 6.07 Å². The van der Waals surface area contributed by atoms with Gasteiger partial charge in [0.25, 0.3) is 0 Å². The van der Waals surface area contributed by atoms with Crippen LogP contribution in [0, 0.1) is 5.82 Å². The molecular formula is C8H10BrFN2. The van der Waals surface area contributed by atoms with E-state index in [1.807, 2.05) is 0 Å². The van der Waals surface area contributed by atoms with E-state index >= 15 is 0 Å². The van der Waals surface area contributed by atoms with Gasteiger partial charge in [-0.05, 0) is 40.0 Å². The van der Waals surface area contributed by atoms with Gasteiger partial charge in [0, 0.05) is 6.54 Å². The van der Waals surface area contributed by atoms with Crippen LogP contribution in [-0.4, -0.2) is 6.54 Å². The number of halogens is 2. The Hall–Kier alpha value is -0.450. The van der Waals surface area contributed by atoms with Crippen LogP contribution in [0.2, 0.25) is 0 Å². The second-order valence-corrected chi connectivity index (χ2v) is 3.31. The van der Waals surface area contributed by atoms with Gasteiger partial charge in [0.05, 0.1) is 4.47 Å². The third kappa shape index (κ3) is 2.55. The van der Waals surface area contributed by atoms with Crippen molar-refractivity contribution in [2.24, 2.45) is 5.84 Å². The molecule has 12 heavy (non-hydrogen) atoms. The largest absolute Gasteiger partial charge is 0.271 e. The molecule has 0 unspecified atom stereocenters. The lowest BCUT2D eigenvalue weighted by atomic mass is 10.1. The van der Waals surface area contributed by atoms with Crippen molar-refractivity contribution < 1.29 is 4.39 Å². The van der Waals surface area contributed by atoms with Crippen LogP contribution in [0.15, 0.2) is 22.7 Å². The topological polar surface area (TPSA) is 38.0 Å². The van der Waals surface area contributed by atoms with Crippen molar-refractivity contribution in [1.29, 1.82) is 0 Å². The molecule has 0 saturated heterocycles. The summed E-state index contributed by atoms with van der Waals surface area (Å²) in [5.41, 5.74) is 3.60. The van der Waals surface area contributed by atoms with Crippen LogP contribution in [0.5, 0.6) is 0 Å². The third-order valence-electron chi connectivity index (χ3n) is 1.54. The third-order valence-corrected chi connectivity index (χ3v) is 2.15. The molecule has 0 aromatic heterocycles. The molecule has 1 aromatic carbocycles. The molecule has 0 atom stereocenters. The molecular weight excluding hydrogens is 223 g/mol. The summed E-state index contributed by atoms with van der Waals surface area (Å²) in [6.45, 7) is 0.693. The molecule has 66 valence electrons. The van der Waals surface area contributed by atoms with Crippen molar-refractivity contribution in [3.8, 4) is 0 Å². The van der Waals surface area contributed by atoms with E-state index < -0.39 is 0 Å². The Morgan fingerprint density at radius 2 is 2.25 bits per heavy atom. The minimum atomic E-state index is -0.237. The van der Waals surface area contributed by atoms with Crippen molar-refractivity contribution in [2.75, 3.05) is 6.54 Å². The average molecular weight is 233 g/mol. The summed E-state index contributed by atoms with van der Waals surface area (Å²) in [5, 5.41) is 0. The van der Waals surface area contributed by atoms with Gasteiger partial charge >= 0.3 is 0 Å². The molecule has 0 bridgehead atoms. The highest BCUT2D eigenvalue weighted by Gasteiger charge is 1.99. The average Bonchev–Trinajstić information content (AvgIpc) is 2.07. The van der Waals surface area contributed by atoms with Crippen LogP contribution in [0.1, 0.15) is 5.56 Å². The van der Waals surface area contributed by atoms with Gasteiger partial charge in [0.2, 0.25) is 0 Å². The zero-order chi connectivity index (χ0) is 8.97. The predicted molar refractivity (Wildman–Crippen MR) is 50.0 cm³/mol. The Kier molecular flexibility index (Phi) is 3.65. The van der Waals surface area contributed by atoms with Crippen LogP contribution in [0.25, 0.3) is 0 Å². The fourth-order valence-corrected chi connectivity index (χ4v) is 1.34. The second kappa shape index (κ2) is 4.54. The molecule has 0 saturated carbocycles. The summed E-state index contributed by atoms with van der Waals surface area (Å²) in [6, 6.07) is 4.94. The molecule has 0 radical (unpaired) electrons. The van der Waals surface area contributed by atoms with Crippen molar-refractivity contribution >= 4 is 15.9 Å². The molecule has 0 fully saturated rings. The lowest BCUT2D eigenvalue weighted by Crippen LogP contribution is -2.24. The van der Waals surface area contributed by atoms with E-state index in [0.717, 1.165) is 12.0 Å². The molecule has 0 aliphatic heterocycles. The maximum atomic E-state index is 12.7. The summed E-state index contributed by atoms with van der Waals surface area (Å²) in [5.74, 6) is 4.87. The molecule has 0 aliphatic carbocycles. The highest BCUT2D eigenvalue weighted by Crippen LogP contribution is 2.16. The summed E-state index contributed by atoms with van der Waals surface area (Å²) in [4.78, 5) is 0. The fraction of sp³-hybridized carbons (Fsp3) is 0.250. The maximum absolute atomic E-state index is 12.7. The van der Waals surface area contributed by atoms with E-state index in [2.05, 4.69) is 21.4 Å². The Balaban J connectivity index is 2.69.